The van der Waals surface area contributed by atoms with E-state index in [1.54, 1.807) is 18.2 Å². The topological polar surface area (TPSA) is 57.5 Å². The van der Waals surface area contributed by atoms with Crippen molar-refractivity contribution in [2.24, 2.45) is 5.92 Å². The van der Waals surface area contributed by atoms with Crippen molar-refractivity contribution in [1.82, 2.24) is 0 Å². The first-order valence-corrected chi connectivity index (χ1v) is 4.70. The van der Waals surface area contributed by atoms with Gasteiger partial charge in [0.05, 0.1) is 5.92 Å². The highest BCUT2D eigenvalue weighted by Crippen LogP contribution is 2.43. The molecule has 74 valence electrons. The molecule has 1 aliphatic carbocycles. The summed E-state index contributed by atoms with van der Waals surface area (Å²) in [4.78, 5) is 10.8. The van der Waals surface area contributed by atoms with Crippen LogP contribution in [-0.2, 0) is 4.79 Å². The highest BCUT2D eigenvalue weighted by Gasteiger charge is 2.37. The highest BCUT2D eigenvalue weighted by atomic mass is 16.4. The molecule has 1 saturated carbocycles. The second kappa shape index (κ2) is 3.33. The Morgan fingerprint density at radius 3 is 2.64 bits per heavy atom. The van der Waals surface area contributed by atoms with Gasteiger partial charge in [0, 0.05) is 0 Å². The van der Waals surface area contributed by atoms with Crippen molar-refractivity contribution in [3.63, 3.8) is 0 Å². The van der Waals surface area contributed by atoms with Crippen molar-refractivity contribution in [1.29, 1.82) is 0 Å². The molecule has 3 heteroatoms. The molecule has 2 unspecified atom stereocenters. The summed E-state index contributed by atoms with van der Waals surface area (Å²) in [5.74, 6) is -0.709. The van der Waals surface area contributed by atoms with Gasteiger partial charge >= 0.3 is 5.97 Å². The fraction of sp³-hybridized carbons (Fsp3) is 0.364. The van der Waals surface area contributed by atoms with Crippen LogP contribution in [0.4, 0.5) is 0 Å². The molecular weight excluding hydrogens is 180 g/mol. The van der Waals surface area contributed by atoms with Crippen molar-refractivity contribution >= 4 is 5.97 Å². The zero-order valence-electron chi connectivity index (χ0n) is 7.68. The van der Waals surface area contributed by atoms with E-state index in [1.165, 1.54) is 0 Å². The highest BCUT2D eigenvalue weighted by molar-refractivity contribution is 5.72. The largest absolute Gasteiger partial charge is 0.508 e. The molecule has 14 heavy (non-hydrogen) atoms. The molecule has 0 amide bonds. The lowest BCUT2D eigenvalue weighted by Crippen LogP contribution is -2.30. The van der Waals surface area contributed by atoms with Crippen LogP contribution in [0.25, 0.3) is 0 Å². The Morgan fingerprint density at radius 2 is 2.14 bits per heavy atom. The molecule has 1 aliphatic rings. The maximum absolute atomic E-state index is 10.8. The van der Waals surface area contributed by atoms with Crippen LogP contribution >= 0.6 is 0 Å². The summed E-state index contributed by atoms with van der Waals surface area (Å²) in [7, 11) is 0. The average molecular weight is 192 g/mol. The minimum Gasteiger partial charge on any atom is -0.508 e. The molecular formula is C11H12O3. The third-order valence-corrected chi connectivity index (χ3v) is 2.89. The summed E-state index contributed by atoms with van der Waals surface area (Å²) in [6.45, 7) is 0. The number of phenolic OH excluding ortho intramolecular Hbond substituents is 1. The molecule has 0 aromatic heterocycles. The zero-order valence-corrected chi connectivity index (χ0v) is 7.68. The molecule has 2 atom stereocenters. The van der Waals surface area contributed by atoms with Crippen LogP contribution < -0.4 is 0 Å². The Hall–Kier alpha value is -1.51. The van der Waals surface area contributed by atoms with Crippen molar-refractivity contribution in [2.45, 2.75) is 18.8 Å². The Labute approximate surface area is 82.0 Å². The number of benzene rings is 1. The van der Waals surface area contributed by atoms with Gasteiger partial charge < -0.3 is 10.2 Å². The van der Waals surface area contributed by atoms with Gasteiger partial charge in [-0.05, 0) is 36.5 Å². The molecule has 0 radical (unpaired) electrons. The number of rotatable bonds is 2. The first-order chi connectivity index (χ1) is 6.68. The standard InChI is InChI=1S/C11H12O3/c12-8-3-1-2-7(6-8)9-4-5-10(9)11(13)14/h1-3,6,9-10,12H,4-5H2,(H,13,14). The van der Waals surface area contributed by atoms with Crippen LogP contribution in [0.15, 0.2) is 24.3 Å². The van der Waals surface area contributed by atoms with Crippen molar-refractivity contribution in [3.8, 4) is 5.75 Å². The molecule has 0 spiro atoms. The Balaban J connectivity index is 2.20. The number of hydrogen-bond donors (Lipinski definition) is 2. The van der Waals surface area contributed by atoms with Crippen LogP contribution in [0.2, 0.25) is 0 Å². The van der Waals surface area contributed by atoms with Gasteiger partial charge in [-0.3, -0.25) is 4.79 Å². The summed E-state index contributed by atoms with van der Waals surface area (Å²) >= 11 is 0. The van der Waals surface area contributed by atoms with Crippen molar-refractivity contribution < 1.29 is 15.0 Å². The predicted octanol–water partition coefficient (Wildman–Crippen LogP) is 1.97. The van der Waals surface area contributed by atoms with Gasteiger partial charge in [-0.25, -0.2) is 0 Å². The lowest BCUT2D eigenvalue weighted by Gasteiger charge is -2.33. The summed E-state index contributed by atoms with van der Waals surface area (Å²) in [5, 5.41) is 18.1. The Bertz CT molecular complexity index is 359. The lowest BCUT2D eigenvalue weighted by atomic mass is 9.70. The van der Waals surface area contributed by atoms with Crippen LogP contribution in [0.3, 0.4) is 0 Å². The van der Waals surface area contributed by atoms with E-state index in [1.807, 2.05) is 6.07 Å². The van der Waals surface area contributed by atoms with E-state index in [9.17, 15) is 9.90 Å². The van der Waals surface area contributed by atoms with Crippen LogP contribution in [0.1, 0.15) is 24.3 Å². The predicted molar refractivity (Wildman–Crippen MR) is 51.2 cm³/mol. The van der Waals surface area contributed by atoms with E-state index in [4.69, 9.17) is 5.11 Å². The Morgan fingerprint density at radius 1 is 1.36 bits per heavy atom. The molecule has 1 aromatic carbocycles. The van der Waals surface area contributed by atoms with Crippen molar-refractivity contribution in [3.05, 3.63) is 29.8 Å². The monoisotopic (exact) mass is 192 g/mol. The van der Waals surface area contributed by atoms with E-state index < -0.39 is 5.97 Å². The fourth-order valence-electron chi connectivity index (χ4n) is 1.95. The minimum absolute atomic E-state index is 0.0830. The molecule has 2 rings (SSSR count). The number of carbonyl (C=O) groups is 1. The molecule has 2 N–H and O–H groups in total. The minimum atomic E-state index is -0.732. The molecule has 0 aliphatic heterocycles. The van der Waals surface area contributed by atoms with Crippen molar-refractivity contribution in [2.75, 3.05) is 0 Å². The number of carboxylic acid groups (broad SMARTS) is 1. The van der Waals surface area contributed by atoms with E-state index in [0.717, 1.165) is 18.4 Å². The average Bonchev–Trinajstić information content (AvgIpc) is 2.00. The Kier molecular flexibility index (Phi) is 2.15. The van der Waals surface area contributed by atoms with E-state index in [2.05, 4.69) is 0 Å². The summed E-state index contributed by atoms with van der Waals surface area (Å²) in [6.07, 6.45) is 1.65. The third-order valence-electron chi connectivity index (χ3n) is 2.89. The van der Waals surface area contributed by atoms with E-state index in [-0.39, 0.29) is 17.6 Å². The molecule has 0 saturated heterocycles. The molecule has 0 heterocycles. The summed E-state index contributed by atoms with van der Waals surface area (Å²) in [6, 6.07) is 6.87. The maximum atomic E-state index is 10.8. The second-order valence-corrected chi connectivity index (χ2v) is 3.72. The normalized spacial score (nSPS) is 25.4. The molecule has 1 aromatic rings. The quantitative estimate of drug-likeness (QED) is 0.753. The zero-order chi connectivity index (χ0) is 10.1. The number of aliphatic carboxylic acids is 1. The summed E-state index contributed by atoms with van der Waals surface area (Å²) in [5.41, 5.74) is 0.934. The van der Waals surface area contributed by atoms with Crippen LogP contribution in [-0.4, -0.2) is 16.2 Å². The third kappa shape index (κ3) is 1.45. The van der Waals surface area contributed by atoms with Gasteiger partial charge in [-0.2, -0.15) is 0 Å². The first kappa shape index (κ1) is 9.06. The molecule has 3 nitrogen and oxygen atoms in total. The number of carboxylic acids is 1. The van der Waals surface area contributed by atoms with Gasteiger partial charge in [-0.1, -0.05) is 12.1 Å². The SMILES string of the molecule is O=C(O)C1CCC1c1cccc(O)c1. The maximum Gasteiger partial charge on any atom is 0.307 e. The van der Waals surface area contributed by atoms with E-state index in [0.29, 0.717) is 0 Å². The van der Waals surface area contributed by atoms with Gasteiger partial charge in [0.1, 0.15) is 5.75 Å². The first-order valence-electron chi connectivity index (χ1n) is 4.70. The lowest BCUT2D eigenvalue weighted by molar-refractivity contribution is -0.145. The molecule has 0 bridgehead atoms. The molecule has 1 fully saturated rings. The summed E-state index contributed by atoms with van der Waals surface area (Å²) < 4.78 is 0. The second-order valence-electron chi connectivity index (χ2n) is 3.72. The fourth-order valence-corrected chi connectivity index (χ4v) is 1.95. The van der Waals surface area contributed by atoms with Gasteiger partial charge in [0.25, 0.3) is 0 Å². The number of aromatic hydroxyl groups is 1. The van der Waals surface area contributed by atoms with Crippen LogP contribution in [0.5, 0.6) is 5.75 Å². The smallest absolute Gasteiger partial charge is 0.307 e. The van der Waals surface area contributed by atoms with Gasteiger partial charge in [0.15, 0.2) is 0 Å². The van der Waals surface area contributed by atoms with Gasteiger partial charge in [0.2, 0.25) is 0 Å². The number of hydrogen-bond acceptors (Lipinski definition) is 2. The van der Waals surface area contributed by atoms with Gasteiger partial charge in [-0.15, -0.1) is 0 Å². The number of phenols is 1. The van der Waals surface area contributed by atoms with Crippen LogP contribution in [0, 0.1) is 5.92 Å². The van der Waals surface area contributed by atoms with E-state index >= 15 is 0 Å².